The molecule has 2 rings (SSSR count). The van der Waals surface area contributed by atoms with E-state index in [1.807, 2.05) is 0 Å². The fourth-order valence-electron chi connectivity index (χ4n) is 2.00. The minimum Gasteiger partial charge on any atom is -0.476 e. The standard InChI is InChI=1S/C16H19FO7/c1-10(23-13-6-4-3-5-12(13)17)16(19)24-15-7-20-9-22-14(15)8-21-11(2)18/h3-6,10,14-15H,7-9H2,1-2H3/t10-,14-,15-/m0/s1. The maximum absolute atomic E-state index is 13.5. The lowest BCUT2D eigenvalue weighted by Gasteiger charge is -2.31. The SMILES string of the molecule is CC(=O)OC[C@@H]1OCOC[C@@H]1OC(=O)[C@H](C)Oc1ccccc1F. The van der Waals surface area contributed by atoms with E-state index >= 15 is 0 Å². The molecule has 7 nitrogen and oxygen atoms in total. The number of hydrogen-bond donors (Lipinski definition) is 0. The Bertz CT molecular complexity index is 577. The first-order chi connectivity index (χ1) is 11.5. The summed E-state index contributed by atoms with van der Waals surface area (Å²) < 4.78 is 39.3. The van der Waals surface area contributed by atoms with Crippen molar-refractivity contribution in [2.24, 2.45) is 0 Å². The number of carbonyl (C=O) groups excluding carboxylic acids is 2. The highest BCUT2D eigenvalue weighted by Gasteiger charge is 2.33. The second kappa shape index (κ2) is 8.60. The normalized spacial score (nSPS) is 21.6. The fraction of sp³-hybridized carbons (Fsp3) is 0.500. The molecule has 24 heavy (non-hydrogen) atoms. The van der Waals surface area contributed by atoms with E-state index in [9.17, 15) is 14.0 Å². The van der Waals surface area contributed by atoms with E-state index in [-0.39, 0.29) is 25.8 Å². The third-order valence-corrected chi connectivity index (χ3v) is 3.25. The van der Waals surface area contributed by atoms with Crippen LogP contribution in [0.3, 0.4) is 0 Å². The summed E-state index contributed by atoms with van der Waals surface area (Å²) in [4.78, 5) is 23.0. The summed E-state index contributed by atoms with van der Waals surface area (Å²) in [5.41, 5.74) is 0. The van der Waals surface area contributed by atoms with Gasteiger partial charge in [-0.25, -0.2) is 9.18 Å². The molecule has 132 valence electrons. The first-order valence-electron chi connectivity index (χ1n) is 7.41. The first-order valence-corrected chi connectivity index (χ1v) is 7.41. The number of carbonyl (C=O) groups is 2. The highest BCUT2D eigenvalue weighted by molar-refractivity contribution is 5.75. The van der Waals surface area contributed by atoms with Crippen molar-refractivity contribution in [1.82, 2.24) is 0 Å². The second-order valence-electron chi connectivity index (χ2n) is 5.16. The van der Waals surface area contributed by atoms with E-state index in [1.165, 1.54) is 32.0 Å². The summed E-state index contributed by atoms with van der Waals surface area (Å²) in [6, 6.07) is 5.75. The molecule has 3 atom stereocenters. The van der Waals surface area contributed by atoms with Crippen molar-refractivity contribution in [3.8, 4) is 5.75 Å². The van der Waals surface area contributed by atoms with Crippen molar-refractivity contribution in [3.63, 3.8) is 0 Å². The third kappa shape index (κ3) is 5.17. The highest BCUT2D eigenvalue weighted by Crippen LogP contribution is 2.18. The fourth-order valence-corrected chi connectivity index (χ4v) is 2.00. The Morgan fingerprint density at radius 3 is 2.83 bits per heavy atom. The summed E-state index contributed by atoms with van der Waals surface area (Å²) in [6.07, 6.45) is -2.41. The zero-order valence-corrected chi connectivity index (χ0v) is 13.4. The van der Waals surface area contributed by atoms with E-state index in [1.54, 1.807) is 6.07 Å². The zero-order valence-electron chi connectivity index (χ0n) is 13.4. The van der Waals surface area contributed by atoms with Crippen LogP contribution in [0.4, 0.5) is 4.39 Å². The molecule has 0 aromatic heterocycles. The topological polar surface area (TPSA) is 80.3 Å². The van der Waals surface area contributed by atoms with Crippen LogP contribution in [0.1, 0.15) is 13.8 Å². The van der Waals surface area contributed by atoms with Gasteiger partial charge in [0.05, 0.1) is 6.61 Å². The maximum atomic E-state index is 13.5. The minimum atomic E-state index is -1.03. The van der Waals surface area contributed by atoms with Gasteiger partial charge in [0.25, 0.3) is 0 Å². The van der Waals surface area contributed by atoms with Gasteiger partial charge >= 0.3 is 11.9 Å². The molecular formula is C16H19FO7. The van der Waals surface area contributed by atoms with Gasteiger partial charge in [-0.3, -0.25) is 4.79 Å². The van der Waals surface area contributed by atoms with Crippen LogP contribution in [0.2, 0.25) is 0 Å². The van der Waals surface area contributed by atoms with Crippen LogP contribution in [-0.2, 0) is 28.5 Å². The summed E-state index contributed by atoms with van der Waals surface area (Å²) in [7, 11) is 0. The molecule has 0 amide bonds. The van der Waals surface area contributed by atoms with Crippen LogP contribution >= 0.6 is 0 Å². The number of halogens is 1. The molecule has 1 heterocycles. The molecule has 0 spiro atoms. The average molecular weight is 342 g/mol. The van der Waals surface area contributed by atoms with Gasteiger partial charge in [-0.2, -0.15) is 0 Å². The lowest BCUT2D eigenvalue weighted by Crippen LogP contribution is -2.46. The van der Waals surface area contributed by atoms with E-state index < -0.39 is 36.1 Å². The van der Waals surface area contributed by atoms with Gasteiger partial charge in [0.2, 0.25) is 0 Å². The Morgan fingerprint density at radius 2 is 2.12 bits per heavy atom. The molecule has 1 aromatic rings. The molecule has 0 saturated carbocycles. The average Bonchev–Trinajstić information content (AvgIpc) is 2.56. The van der Waals surface area contributed by atoms with Crippen molar-refractivity contribution in [2.45, 2.75) is 32.2 Å². The monoisotopic (exact) mass is 342 g/mol. The molecule has 1 saturated heterocycles. The Labute approximate surface area is 138 Å². The molecule has 0 N–H and O–H groups in total. The van der Waals surface area contributed by atoms with E-state index in [0.29, 0.717) is 0 Å². The molecule has 0 radical (unpaired) electrons. The number of para-hydroxylation sites is 1. The van der Waals surface area contributed by atoms with E-state index in [4.69, 9.17) is 23.7 Å². The molecule has 1 aromatic carbocycles. The summed E-state index contributed by atoms with van der Waals surface area (Å²) in [5.74, 6) is -1.79. The summed E-state index contributed by atoms with van der Waals surface area (Å²) in [5, 5.41) is 0. The largest absolute Gasteiger partial charge is 0.476 e. The number of esters is 2. The number of hydrogen-bond acceptors (Lipinski definition) is 7. The van der Waals surface area contributed by atoms with Crippen LogP contribution in [0, 0.1) is 5.82 Å². The highest BCUT2D eigenvalue weighted by atomic mass is 19.1. The lowest BCUT2D eigenvalue weighted by molar-refractivity contribution is -0.222. The van der Waals surface area contributed by atoms with Crippen LogP contribution < -0.4 is 4.74 Å². The molecule has 0 bridgehead atoms. The summed E-state index contributed by atoms with van der Waals surface area (Å²) >= 11 is 0. The van der Waals surface area contributed by atoms with Gasteiger partial charge in [-0.1, -0.05) is 12.1 Å². The van der Waals surface area contributed by atoms with Crippen LogP contribution in [-0.4, -0.2) is 50.3 Å². The van der Waals surface area contributed by atoms with Crippen molar-refractivity contribution in [1.29, 1.82) is 0 Å². The summed E-state index contributed by atoms with van der Waals surface area (Å²) in [6.45, 7) is 2.77. The molecule has 0 aliphatic carbocycles. The first kappa shape index (κ1) is 18.2. The van der Waals surface area contributed by atoms with Gasteiger partial charge in [0.1, 0.15) is 19.5 Å². The zero-order chi connectivity index (χ0) is 17.5. The molecule has 1 aliphatic rings. The Hall–Kier alpha value is -2.19. The van der Waals surface area contributed by atoms with Gasteiger partial charge in [-0.05, 0) is 19.1 Å². The van der Waals surface area contributed by atoms with Crippen LogP contribution in [0.15, 0.2) is 24.3 Å². The number of benzene rings is 1. The third-order valence-electron chi connectivity index (χ3n) is 3.25. The van der Waals surface area contributed by atoms with Crippen molar-refractivity contribution < 1.29 is 37.7 Å². The molecular weight excluding hydrogens is 323 g/mol. The van der Waals surface area contributed by atoms with Crippen molar-refractivity contribution in [2.75, 3.05) is 20.0 Å². The smallest absolute Gasteiger partial charge is 0.347 e. The predicted molar refractivity (Wildman–Crippen MR) is 78.7 cm³/mol. The minimum absolute atomic E-state index is 0.0151. The lowest BCUT2D eigenvalue weighted by atomic mass is 10.2. The van der Waals surface area contributed by atoms with Gasteiger partial charge < -0.3 is 23.7 Å². The van der Waals surface area contributed by atoms with Gasteiger partial charge in [0.15, 0.2) is 23.8 Å². The van der Waals surface area contributed by atoms with Gasteiger partial charge in [0, 0.05) is 6.92 Å². The molecule has 0 unspecified atom stereocenters. The Kier molecular flexibility index (Phi) is 6.51. The number of rotatable bonds is 6. The van der Waals surface area contributed by atoms with Crippen molar-refractivity contribution in [3.05, 3.63) is 30.1 Å². The van der Waals surface area contributed by atoms with Gasteiger partial charge in [-0.15, -0.1) is 0 Å². The Morgan fingerprint density at radius 1 is 1.38 bits per heavy atom. The van der Waals surface area contributed by atoms with Crippen LogP contribution in [0.5, 0.6) is 5.75 Å². The molecule has 8 heteroatoms. The quantitative estimate of drug-likeness (QED) is 0.724. The maximum Gasteiger partial charge on any atom is 0.347 e. The van der Waals surface area contributed by atoms with Crippen LogP contribution in [0.25, 0.3) is 0 Å². The van der Waals surface area contributed by atoms with Crippen molar-refractivity contribution >= 4 is 11.9 Å². The molecule has 1 fully saturated rings. The molecule has 1 aliphatic heterocycles. The second-order valence-corrected chi connectivity index (χ2v) is 5.16. The predicted octanol–water partition coefficient (Wildman–Crippen LogP) is 1.44. The van der Waals surface area contributed by atoms with E-state index in [2.05, 4.69) is 0 Å². The number of ether oxygens (including phenoxy) is 5. The van der Waals surface area contributed by atoms with E-state index in [0.717, 1.165) is 0 Å². The Balaban J connectivity index is 1.91.